The molecule has 0 fully saturated rings. The standard InChI is InChI=1S/C19H19NO4/c1-24-19(23)17(21)12-18(22)20(13-15-8-4-2-5-9-15)14-16-10-6-3-7-11-16/h2-12,21H,13-14H2,1H3. The molecule has 24 heavy (non-hydrogen) atoms. The summed E-state index contributed by atoms with van der Waals surface area (Å²) < 4.78 is 4.40. The van der Waals surface area contributed by atoms with E-state index in [4.69, 9.17) is 0 Å². The van der Waals surface area contributed by atoms with Gasteiger partial charge in [-0.05, 0) is 11.1 Å². The first-order valence-corrected chi connectivity index (χ1v) is 7.46. The van der Waals surface area contributed by atoms with E-state index in [9.17, 15) is 14.7 Å². The zero-order chi connectivity index (χ0) is 17.4. The summed E-state index contributed by atoms with van der Waals surface area (Å²) in [5, 5.41) is 9.61. The van der Waals surface area contributed by atoms with E-state index in [1.165, 1.54) is 0 Å². The van der Waals surface area contributed by atoms with Crippen molar-refractivity contribution in [2.24, 2.45) is 0 Å². The maximum Gasteiger partial charge on any atom is 0.373 e. The van der Waals surface area contributed by atoms with E-state index in [0.717, 1.165) is 24.3 Å². The third kappa shape index (κ3) is 4.98. The van der Waals surface area contributed by atoms with Crippen molar-refractivity contribution in [3.63, 3.8) is 0 Å². The van der Waals surface area contributed by atoms with Crippen molar-refractivity contribution in [2.45, 2.75) is 13.1 Å². The lowest BCUT2D eigenvalue weighted by atomic mass is 10.1. The first kappa shape index (κ1) is 17.3. The lowest BCUT2D eigenvalue weighted by Crippen LogP contribution is -2.29. The Labute approximate surface area is 140 Å². The molecule has 0 heterocycles. The van der Waals surface area contributed by atoms with Gasteiger partial charge in [0, 0.05) is 13.1 Å². The highest BCUT2D eigenvalue weighted by atomic mass is 16.5. The van der Waals surface area contributed by atoms with Crippen molar-refractivity contribution < 1.29 is 19.4 Å². The van der Waals surface area contributed by atoms with Crippen LogP contribution in [0, 0.1) is 0 Å². The predicted octanol–water partition coefficient (Wildman–Crippen LogP) is 2.83. The van der Waals surface area contributed by atoms with E-state index in [1.54, 1.807) is 4.90 Å². The van der Waals surface area contributed by atoms with E-state index >= 15 is 0 Å². The van der Waals surface area contributed by atoms with Gasteiger partial charge in [-0.1, -0.05) is 60.7 Å². The maximum absolute atomic E-state index is 12.5. The number of rotatable bonds is 6. The number of hydrogen-bond acceptors (Lipinski definition) is 4. The van der Waals surface area contributed by atoms with Crippen LogP contribution in [0.3, 0.4) is 0 Å². The van der Waals surface area contributed by atoms with Crippen LogP contribution in [0.25, 0.3) is 0 Å². The van der Waals surface area contributed by atoms with Crippen LogP contribution < -0.4 is 0 Å². The molecule has 5 heteroatoms. The Hall–Kier alpha value is -3.08. The number of aliphatic hydroxyl groups is 1. The first-order valence-electron chi connectivity index (χ1n) is 7.46. The number of carbonyl (C=O) groups excluding carboxylic acids is 2. The number of benzene rings is 2. The quantitative estimate of drug-likeness (QED) is 0.504. The Bertz CT molecular complexity index is 669. The van der Waals surface area contributed by atoms with Crippen molar-refractivity contribution in [1.82, 2.24) is 4.90 Å². The van der Waals surface area contributed by atoms with Crippen molar-refractivity contribution in [3.8, 4) is 0 Å². The third-order valence-corrected chi connectivity index (χ3v) is 3.40. The minimum atomic E-state index is -0.942. The molecule has 5 nitrogen and oxygen atoms in total. The number of hydrogen-bond donors (Lipinski definition) is 1. The molecule has 0 saturated carbocycles. The molecule has 124 valence electrons. The second kappa shape index (κ2) is 8.53. The van der Waals surface area contributed by atoms with Gasteiger partial charge in [0.05, 0.1) is 13.2 Å². The highest BCUT2D eigenvalue weighted by Gasteiger charge is 2.16. The van der Waals surface area contributed by atoms with Gasteiger partial charge < -0.3 is 14.7 Å². The molecule has 1 N–H and O–H groups in total. The number of esters is 1. The molecule has 0 unspecified atom stereocenters. The van der Waals surface area contributed by atoms with Crippen molar-refractivity contribution >= 4 is 11.9 Å². The summed E-state index contributed by atoms with van der Waals surface area (Å²) in [5.74, 6) is -2.12. The van der Waals surface area contributed by atoms with Gasteiger partial charge in [0.2, 0.25) is 5.76 Å². The molecular formula is C19H19NO4. The van der Waals surface area contributed by atoms with Gasteiger partial charge >= 0.3 is 5.97 Å². The second-order valence-corrected chi connectivity index (χ2v) is 5.19. The molecule has 0 aromatic heterocycles. The van der Waals surface area contributed by atoms with Crippen LogP contribution in [0.15, 0.2) is 72.5 Å². The predicted molar refractivity (Wildman–Crippen MR) is 89.9 cm³/mol. The molecule has 0 saturated heterocycles. The molecule has 2 rings (SSSR count). The number of carbonyl (C=O) groups is 2. The normalized spacial score (nSPS) is 11.0. The van der Waals surface area contributed by atoms with Crippen LogP contribution in [0.4, 0.5) is 0 Å². The summed E-state index contributed by atoms with van der Waals surface area (Å²) in [6.45, 7) is 0.721. The monoisotopic (exact) mass is 325 g/mol. The fourth-order valence-electron chi connectivity index (χ4n) is 2.19. The Balaban J connectivity index is 2.21. The van der Waals surface area contributed by atoms with E-state index in [0.29, 0.717) is 13.1 Å². The summed E-state index contributed by atoms with van der Waals surface area (Å²) in [7, 11) is 1.14. The summed E-state index contributed by atoms with van der Waals surface area (Å²) in [4.78, 5) is 25.3. The largest absolute Gasteiger partial charge is 0.502 e. The van der Waals surface area contributed by atoms with E-state index in [-0.39, 0.29) is 0 Å². The first-order chi connectivity index (χ1) is 11.6. The van der Waals surface area contributed by atoms with Crippen molar-refractivity contribution in [2.75, 3.05) is 7.11 Å². The zero-order valence-electron chi connectivity index (χ0n) is 13.4. The summed E-state index contributed by atoms with van der Waals surface area (Å²) >= 11 is 0. The van der Waals surface area contributed by atoms with Gasteiger partial charge in [-0.15, -0.1) is 0 Å². The molecule has 0 aliphatic heterocycles. The molecule has 0 spiro atoms. The van der Waals surface area contributed by atoms with Gasteiger partial charge in [-0.3, -0.25) is 4.79 Å². The van der Waals surface area contributed by atoms with Gasteiger partial charge in [-0.2, -0.15) is 0 Å². The zero-order valence-corrected chi connectivity index (χ0v) is 13.4. The van der Waals surface area contributed by atoms with Crippen molar-refractivity contribution in [1.29, 1.82) is 0 Å². The van der Waals surface area contributed by atoms with Gasteiger partial charge in [0.1, 0.15) is 0 Å². The highest BCUT2D eigenvalue weighted by Crippen LogP contribution is 2.11. The minimum Gasteiger partial charge on any atom is -0.502 e. The maximum atomic E-state index is 12.5. The smallest absolute Gasteiger partial charge is 0.373 e. The Morgan fingerprint density at radius 1 is 0.958 bits per heavy atom. The van der Waals surface area contributed by atoms with E-state index in [2.05, 4.69) is 4.74 Å². The number of methoxy groups -OCH3 is 1. The molecule has 2 aromatic carbocycles. The molecule has 0 atom stereocenters. The Morgan fingerprint density at radius 3 is 1.83 bits per heavy atom. The van der Waals surface area contributed by atoms with Crippen LogP contribution in [-0.4, -0.2) is 29.0 Å². The molecule has 0 bridgehead atoms. The van der Waals surface area contributed by atoms with Gasteiger partial charge in [0.15, 0.2) is 0 Å². The average Bonchev–Trinajstić information content (AvgIpc) is 2.62. The van der Waals surface area contributed by atoms with Crippen LogP contribution >= 0.6 is 0 Å². The SMILES string of the molecule is COC(=O)C(O)=CC(=O)N(Cc1ccccc1)Cc1ccccc1. The van der Waals surface area contributed by atoms with Gasteiger partial charge in [-0.25, -0.2) is 4.79 Å². The number of ether oxygens (including phenoxy) is 1. The lowest BCUT2D eigenvalue weighted by Gasteiger charge is -2.21. The highest BCUT2D eigenvalue weighted by molar-refractivity contribution is 5.96. The topological polar surface area (TPSA) is 66.8 Å². The van der Waals surface area contributed by atoms with Crippen molar-refractivity contribution in [3.05, 3.63) is 83.6 Å². The summed E-state index contributed by atoms with van der Waals surface area (Å²) in [6.07, 6.45) is 0.887. The number of amides is 1. The molecule has 0 radical (unpaired) electrons. The van der Waals surface area contributed by atoms with Crippen LogP contribution in [0.2, 0.25) is 0 Å². The van der Waals surface area contributed by atoms with Crippen LogP contribution in [-0.2, 0) is 27.4 Å². The van der Waals surface area contributed by atoms with Crippen LogP contribution in [0.1, 0.15) is 11.1 Å². The summed E-state index contributed by atoms with van der Waals surface area (Å²) in [6, 6.07) is 19.0. The average molecular weight is 325 g/mol. The number of nitrogens with zero attached hydrogens (tertiary/aromatic N) is 1. The molecule has 0 aliphatic carbocycles. The molecular weight excluding hydrogens is 306 g/mol. The fraction of sp³-hybridized carbons (Fsp3) is 0.158. The minimum absolute atomic E-state index is 0.361. The number of aliphatic hydroxyl groups excluding tert-OH is 1. The van der Waals surface area contributed by atoms with E-state index in [1.807, 2.05) is 60.7 Å². The van der Waals surface area contributed by atoms with Crippen LogP contribution in [0.5, 0.6) is 0 Å². The lowest BCUT2D eigenvalue weighted by molar-refractivity contribution is -0.139. The third-order valence-electron chi connectivity index (χ3n) is 3.40. The van der Waals surface area contributed by atoms with Gasteiger partial charge in [0.25, 0.3) is 5.91 Å². The summed E-state index contributed by atoms with van der Waals surface area (Å²) in [5.41, 5.74) is 1.90. The molecule has 0 aliphatic rings. The molecule has 2 aromatic rings. The molecule has 1 amide bonds. The second-order valence-electron chi connectivity index (χ2n) is 5.19. The Kier molecular flexibility index (Phi) is 6.14. The van der Waals surface area contributed by atoms with E-state index < -0.39 is 17.6 Å². The fourth-order valence-corrected chi connectivity index (χ4v) is 2.19. The Morgan fingerprint density at radius 2 is 1.42 bits per heavy atom.